The Morgan fingerprint density at radius 1 is 1.50 bits per heavy atom. The number of hydrazine groups is 1. The summed E-state index contributed by atoms with van der Waals surface area (Å²) < 4.78 is 2.17. The molecule has 18 heavy (non-hydrogen) atoms. The molecule has 3 N–H and O–H groups in total. The molecule has 0 amide bonds. The number of nitrogens with zero attached hydrogens (tertiary/aromatic N) is 2. The molecule has 2 fully saturated rings. The zero-order valence-electron chi connectivity index (χ0n) is 11.2. The fourth-order valence-electron chi connectivity index (χ4n) is 3.33. The molecule has 4 heteroatoms. The molecule has 3 rings (SSSR count). The van der Waals surface area contributed by atoms with Crippen LogP contribution in [0.15, 0.2) is 12.3 Å². The average Bonchev–Trinajstić information content (AvgIpc) is 2.86. The second-order valence-corrected chi connectivity index (χ2v) is 6.08. The molecule has 0 aliphatic heterocycles. The fourth-order valence-corrected chi connectivity index (χ4v) is 3.33. The molecule has 0 bridgehead atoms. The van der Waals surface area contributed by atoms with Crippen molar-refractivity contribution in [3.8, 4) is 0 Å². The van der Waals surface area contributed by atoms with Crippen molar-refractivity contribution < 1.29 is 0 Å². The Bertz CT molecular complexity index is 394. The number of nitrogens with two attached hydrogens (primary N) is 1. The van der Waals surface area contributed by atoms with Crippen molar-refractivity contribution in [2.45, 2.75) is 57.5 Å². The minimum Gasteiger partial charge on any atom is -0.271 e. The molecule has 3 atom stereocenters. The summed E-state index contributed by atoms with van der Waals surface area (Å²) in [7, 11) is 0. The van der Waals surface area contributed by atoms with Gasteiger partial charge in [0.2, 0.25) is 0 Å². The Morgan fingerprint density at radius 3 is 2.83 bits per heavy atom. The lowest BCUT2D eigenvalue weighted by Gasteiger charge is -2.14. The van der Waals surface area contributed by atoms with Crippen LogP contribution in [0, 0.1) is 11.8 Å². The van der Waals surface area contributed by atoms with Gasteiger partial charge in [-0.25, -0.2) is 0 Å². The van der Waals surface area contributed by atoms with Crippen molar-refractivity contribution in [1.29, 1.82) is 0 Å². The Kier molecular flexibility index (Phi) is 3.39. The molecule has 2 aliphatic carbocycles. The highest BCUT2D eigenvalue weighted by Gasteiger charge is 2.39. The maximum atomic E-state index is 5.67. The monoisotopic (exact) mass is 248 g/mol. The van der Waals surface area contributed by atoms with Crippen LogP contribution in [0.3, 0.4) is 0 Å². The van der Waals surface area contributed by atoms with Crippen molar-refractivity contribution in [3.05, 3.63) is 18.0 Å². The molecular formula is C14H24N4. The van der Waals surface area contributed by atoms with E-state index in [1.807, 2.05) is 0 Å². The van der Waals surface area contributed by atoms with E-state index in [9.17, 15) is 0 Å². The second-order valence-electron chi connectivity index (χ2n) is 6.08. The Hall–Kier alpha value is -0.870. The summed E-state index contributed by atoms with van der Waals surface area (Å²) in [4.78, 5) is 0. The van der Waals surface area contributed by atoms with E-state index in [1.165, 1.54) is 37.8 Å². The first-order valence-corrected chi connectivity index (χ1v) is 7.28. The highest BCUT2D eigenvalue weighted by Crippen LogP contribution is 2.41. The third-order valence-electron chi connectivity index (χ3n) is 4.69. The van der Waals surface area contributed by atoms with Crippen LogP contribution in [0.4, 0.5) is 0 Å². The van der Waals surface area contributed by atoms with Crippen LogP contribution in [0.5, 0.6) is 0 Å². The molecule has 1 heterocycles. The van der Waals surface area contributed by atoms with E-state index >= 15 is 0 Å². The number of hydrogen-bond donors (Lipinski definition) is 2. The number of rotatable bonds is 5. The molecule has 1 aromatic rings. The van der Waals surface area contributed by atoms with Crippen LogP contribution in [0.2, 0.25) is 0 Å². The van der Waals surface area contributed by atoms with Gasteiger partial charge in [-0.05, 0) is 37.2 Å². The molecule has 0 saturated heterocycles. The number of aromatic nitrogens is 2. The molecule has 3 unspecified atom stereocenters. The Labute approximate surface area is 109 Å². The first-order valence-electron chi connectivity index (χ1n) is 7.28. The first kappa shape index (κ1) is 12.2. The van der Waals surface area contributed by atoms with E-state index in [-0.39, 0.29) is 0 Å². The Balaban J connectivity index is 1.62. The molecular weight excluding hydrogens is 224 g/mol. The molecule has 0 aromatic carbocycles. The van der Waals surface area contributed by atoms with Gasteiger partial charge in [-0.15, -0.1) is 0 Å². The van der Waals surface area contributed by atoms with E-state index in [2.05, 4.69) is 29.3 Å². The van der Waals surface area contributed by atoms with Crippen molar-refractivity contribution >= 4 is 0 Å². The van der Waals surface area contributed by atoms with Gasteiger partial charge in [0.25, 0.3) is 0 Å². The van der Waals surface area contributed by atoms with E-state index in [4.69, 9.17) is 10.9 Å². The van der Waals surface area contributed by atoms with Crippen LogP contribution < -0.4 is 11.3 Å². The molecule has 4 nitrogen and oxygen atoms in total. The molecule has 0 spiro atoms. The van der Waals surface area contributed by atoms with Crippen LogP contribution in [0.1, 0.15) is 50.8 Å². The average molecular weight is 248 g/mol. The molecule has 1 aromatic heterocycles. The van der Waals surface area contributed by atoms with Crippen LogP contribution >= 0.6 is 0 Å². The minimum absolute atomic E-state index is 0.395. The summed E-state index contributed by atoms with van der Waals surface area (Å²) in [6.45, 7) is 2.30. The topological polar surface area (TPSA) is 55.9 Å². The predicted molar refractivity (Wildman–Crippen MR) is 71.8 cm³/mol. The smallest absolute Gasteiger partial charge is 0.0640 e. The van der Waals surface area contributed by atoms with Crippen LogP contribution in [0.25, 0.3) is 0 Å². The molecule has 2 saturated carbocycles. The van der Waals surface area contributed by atoms with Crippen LogP contribution in [-0.4, -0.2) is 15.8 Å². The summed E-state index contributed by atoms with van der Waals surface area (Å²) in [5, 5.41) is 4.74. The van der Waals surface area contributed by atoms with Gasteiger partial charge in [0.1, 0.15) is 0 Å². The maximum absolute atomic E-state index is 5.67. The summed E-state index contributed by atoms with van der Waals surface area (Å²) >= 11 is 0. The highest BCUT2D eigenvalue weighted by atomic mass is 15.3. The van der Waals surface area contributed by atoms with Gasteiger partial charge in [0, 0.05) is 18.7 Å². The molecule has 2 aliphatic rings. The third-order valence-corrected chi connectivity index (χ3v) is 4.69. The predicted octanol–water partition coefficient (Wildman–Crippen LogP) is 2.03. The summed E-state index contributed by atoms with van der Waals surface area (Å²) in [6, 6.07) is 3.20. The van der Waals surface area contributed by atoms with E-state index < -0.39 is 0 Å². The minimum atomic E-state index is 0.395. The lowest BCUT2D eigenvalue weighted by Crippen LogP contribution is -2.39. The van der Waals surface area contributed by atoms with Gasteiger partial charge >= 0.3 is 0 Å². The zero-order chi connectivity index (χ0) is 12.5. The normalized spacial score (nSPS) is 29.7. The van der Waals surface area contributed by atoms with Crippen molar-refractivity contribution in [2.24, 2.45) is 17.7 Å². The maximum Gasteiger partial charge on any atom is 0.0640 e. The van der Waals surface area contributed by atoms with Gasteiger partial charge < -0.3 is 0 Å². The Morgan fingerprint density at radius 2 is 2.22 bits per heavy atom. The molecule has 100 valence electrons. The van der Waals surface area contributed by atoms with Gasteiger partial charge in [-0.3, -0.25) is 16.0 Å². The van der Waals surface area contributed by atoms with Gasteiger partial charge in [0.05, 0.1) is 11.7 Å². The lowest BCUT2D eigenvalue weighted by atomic mass is 10.1. The fraction of sp³-hybridized carbons (Fsp3) is 0.786. The first-order chi connectivity index (χ1) is 8.78. The van der Waals surface area contributed by atoms with Crippen molar-refractivity contribution in [3.63, 3.8) is 0 Å². The van der Waals surface area contributed by atoms with Gasteiger partial charge in [-0.1, -0.05) is 19.8 Å². The number of hydrogen-bond acceptors (Lipinski definition) is 3. The van der Waals surface area contributed by atoms with Crippen molar-refractivity contribution in [1.82, 2.24) is 15.2 Å². The standard InChI is InChI=1S/C14H24N4/c1-10-8-13(10)14(16-15)9-11-6-7-18(17-11)12-4-2-3-5-12/h6-7,10,12-14,16H,2-5,8-9,15H2,1H3. The van der Waals surface area contributed by atoms with E-state index in [0.717, 1.165) is 18.3 Å². The quantitative estimate of drug-likeness (QED) is 0.619. The van der Waals surface area contributed by atoms with Crippen molar-refractivity contribution in [2.75, 3.05) is 0 Å². The largest absolute Gasteiger partial charge is 0.271 e. The number of nitrogens with one attached hydrogen (secondary N) is 1. The van der Waals surface area contributed by atoms with Gasteiger partial charge in [0.15, 0.2) is 0 Å². The lowest BCUT2D eigenvalue weighted by molar-refractivity contribution is 0.434. The summed E-state index contributed by atoms with van der Waals surface area (Å²) in [5.74, 6) is 7.23. The van der Waals surface area contributed by atoms with E-state index in [1.54, 1.807) is 0 Å². The van der Waals surface area contributed by atoms with E-state index in [0.29, 0.717) is 12.1 Å². The summed E-state index contributed by atoms with van der Waals surface area (Å²) in [6.07, 6.45) is 9.70. The summed E-state index contributed by atoms with van der Waals surface area (Å²) in [5.41, 5.74) is 4.16. The zero-order valence-corrected chi connectivity index (χ0v) is 11.2. The SMILES string of the molecule is CC1CC1C(Cc1ccn(C2CCCC2)n1)NN. The third kappa shape index (κ3) is 2.45. The molecule has 0 radical (unpaired) electrons. The van der Waals surface area contributed by atoms with Crippen LogP contribution in [-0.2, 0) is 6.42 Å². The van der Waals surface area contributed by atoms with Gasteiger partial charge in [-0.2, -0.15) is 5.10 Å². The highest BCUT2D eigenvalue weighted by molar-refractivity contribution is 5.05. The second kappa shape index (κ2) is 5.02.